The largest absolute Gasteiger partial charge is 0.0564 e. The highest BCUT2D eigenvalue weighted by atomic mass is 14.4. The third kappa shape index (κ3) is 2.05. The van der Waals surface area contributed by atoms with Gasteiger partial charge < -0.3 is 0 Å². The normalized spacial score (nSPS) is 23.6. The molecule has 21 heavy (non-hydrogen) atoms. The number of allylic oxidation sites excluding steroid dienone is 8. The molecule has 0 aliphatic heterocycles. The average molecular weight is 274 g/mol. The van der Waals surface area contributed by atoms with Gasteiger partial charge in [0.25, 0.3) is 0 Å². The first-order chi connectivity index (χ1) is 10.1. The molecule has 0 fully saturated rings. The Morgan fingerprint density at radius 3 is 2.38 bits per heavy atom. The quantitative estimate of drug-likeness (QED) is 0.616. The monoisotopic (exact) mass is 274 g/mol. The maximum atomic E-state index is 2.45. The second kappa shape index (κ2) is 4.59. The first-order valence-corrected chi connectivity index (χ1v) is 8.04. The van der Waals surface area contributed by atoms with Crippen molar-refractivity contribution < 1.29 is 0 Å². The number of hydrogen-bond donors (Lipinski definition) is 0. The number of benzene rings is 1. The van der Waals surface area contributed by atoms with E-state index in [0.29, 0.717) is 5.92 Å². The van der Waals surface area contributed by atoms with Crippen LogP contribution in [-0.2, 0) is 0 Å². The van der Waals surface area contributed by atoms with Gasteiger partial charge in [-0.3, -0.25) is 0 Å². The van der Waals surface area contributed by atoms with Gasteiger partial charge in [0.05, 0.1) is 0 Å². The van der Waals surface area contributed by atoms with Crippen molar-refractivity contribution in [3.05, 3.63) is 81.0 Å². The molecule has 0 amide bonds. The van der Waals surface area contributed by atoms with Crippen molar-refractivity contribution in [2.75, 3.05) is 0 Å². The Morgan fingerprint density at radius 1 is 0.857 bits per heavy atom. The second-order valence-electron chi connectivity index (χ2n) is 6.85. The molecule has 4 rings (SSSR count). The van der Waals surface area contributed by atoms with Crippen LogP contribution in [0, 0.1) is 13.8 Å². The fraction of sp³-hybridized carbons (Fsp3) is 0.333. The topological polar surface area (TPSA) is 0 Å². The van der Waals surface area contributed by atoms with Crippen molar-refractivity contribution in [3.63, 3.8) is 0 Å². The lowest BCUT2D eigenvalue weighted by Gasteiger charge is -2.27. The summed E-state index contributed by atoms with van der Waals surface area (Å²) in [6.45, 7) is 6.65. The molecule has 0 nitrogen and oxygen atoms in total. The molecule has 1 aromatic carbocycles. The molecule has 3 aliphatic carbocycles. The minimum atomic E-state index is 0.495. The van der Waals surface area contributed by atoms with Crippen molar-refractivity contribution in [2.24, 2.45) is 0 Å². The molecule has 0 heterocycles. The van der Waals surface area contributed by atoms with Gasteiger partial charge >= 0.3 is 0 Å². The summed E-state index contributed by atoms with van der Waals surface area (Å²) in [5, 5.41) is 0. The lowest BCUT2D eigenvalue weighted by Crippen LogP contribution is -2.11. The summed E-state index contributed by atoms with van der Waals surface area (Å²) in [6, 6.07) is 7.05. The predicted molar refractivity (Wildman–Crippen MR) is 89.5 cm³/mol. The molecule has 3 aliphatic rings. The van der Waals surface area contributed by atoms with E-state index in [-0.39, 0.29) is 0 Å². The molecule has 106 valence electrons. The SMILES string of the molecule is CC1=CC2=CC3=C(CCC3)C(c3cc(C)cc(C)c3)C2=C1. The predicted octanol–water partition coefficient (Wildman–Crippen LogP) is 5.69. The maximum Gasteiger partial charge on any atom is 0.0310 e. The molecule has 0 N–H and O–H groups in total. The van der Waals surface area contributed by atoms with Crippen LogP contribution in [-0.4, -0.2) is 0 Å². The lowest BCUT2D eigenvalue weighted by atomic mass is 9.76. The Morgan fingerprint density at radius 2 is 1.62 bits per heavy atom. The van der Waals surface area contributed by atoms with E-state index in [1.54, 1.807) is 11.1 Å². The van der Waals surface area contributed by atoms with Crippen LogP contribution < -0.4 is 0 Å². The summed E-state index contributed by atoms with van der Waals surface area (Å²) in [7, 11) is 0. The minimum absolute atomic E-state index is 0.495. The van der Waals surface area contributed by atoms with Gasteiger partial charge in [-0.15, -0.1) is 0 Å². The molecule has 1 atom stereocenters. The summed E-state index contributed by atoms with van der Waals surface area (Å²) in [5.74, 6) is 0.495. The van der Waals surface area contributed by atoms with Gasteiger partial charge in [0.2, 0.25) is 0 Å². The standard InChI is InChI=1S/C21H22/c1-13-7-14(2)10-18(9-13)21-19-6-4-5-16(19)12-17-8-15(3)11-20(17)21/h7-12,21H,4-6H2,1-3H3. The Hall–Kier alpha value is -1.82. The van der Waals surface area contributed by atoms with Crippen LogP contribution in [0.3, 0.4) is 0 Å². The van der Waals surface area contributed by atoms with E-state index < -0.39 is 0 Å². The van der Waals surface area contributed by atoms with Gasteiger partial charge in [-0.2, -0.15) is 0 Å². The summed E-state index contributed by atoms with van der Waals surface area (Å²) < 4.78 is 0. The number of aryl methyl sites for hydroxylation is 2. The smallest absolute Gasteiger partial charge is 0.0310 e. The van der Waals surface area contributed by atoms with Gasteiger partial charge in [-0.1, -0.05) is 58.7 Å². The van der Waals surface area contributed by atoms with E-state index in [0.717, 1.165) is 0 Å². The number of fused-ring (bicyclic) bond motifs is 1. The van der Waals surface area contributed by atoms with E-state index in [1.807, 2.05) is 0 Å². The fourth-order valence-electron chi connectivity index (χ4n) is 4.29. The van der Waals surface area contributed by atoms with Gasteiger partial charge in [0, 0.05) is 5.92 Å². The van der Waals surface area contributed by atoms with Crippen LogP contribution in [0.2, 0.25) is 0 Å². The molecular formula is C21H22. The van der Waals surface area contributed by atoms with Gasteiger partial charge in [-0.25, -0.2) is 0 Å². The molecule has 1 unspecified atom stereocenters. The second-order valence-corrected chi connectivity index (χ2v) is 6.85. The summed E-state index contributed by atoms with van der Waals surface area (Å²) in [6.07, 6.45) is 11.1. The minimum Gasteiger partial charge on any atom is -0.0564 e. The molecular weight excluding hydrogens is 252 g/mol. The fourth-order valence-corrected chi connectivity index (χ4v) is 4.29. The molecule has 0 saturated heterocycles. The van der Waals surface area contributed by atoms with E-state index in [4.69, 9.17) is 0 Å². The van der Waals surface area contributed by atoms with Crippen LogP contribution >= 0.6 is 0 Å². The van der Waals surface area contributed by atoms with Crippen LogP contribution in [0.1, 0.15) is 48.8 Å². The number of rotatable bonds is 1. The Labute approximate surface area is 127 Å². The highest BCUT2D eigenvalue weighted by Crippen LogP contribution is 2.50. The van der Waals surface area contributed by atoms with E-state index in [1.165, 1.54) is 52.7 Å². The lowest BCUT2D eigenvalue weighted by molar-refractivity contribution is 0.835. The molecule has 1 aromatic rings. The zero-order valence-corrected chi connectivity index (χ0v) is 13.2. The van der Waals surface area contributed by atoms with Crippen LogP contribution in [0.5, 0.6) is 0 Å². The van der Waals surface area contributed by atoms with Crippen LogP contribution in [0.4, 0.5) is 0 Å². The Balaban J connectivity index is 1.90. The summed E-state index contributed by atoms with van der Waals surface area (Å²) >= 11 is 0. The maximum absolute atomic E-state index is 2.45. The third-order valence-corrected chi connectivity index (χ3v) is 4.97. The zero-order chi connectivity index (χ0) is 14.6. The van der Waals surface area contributed by atoms with Crippen molar-refractivity contribution in [2.45, 2.75) is 46.0 Å². The highest BCUT2D eigenvalue weighted by molar-refractivity contribution is 5.66. The molecule has 0 aromatic heterocycles. The van der Waals surface area contributed by atoms with Crippen LogP contribution in [0.15, 0.2) is 64.3 Å². The Bertz CT molecular complexity index is 730. The summed E-state index contributed by atoms with van der Waals surface area (Å²) in [5.41, 5.74) is 11.9. The number of hydrogen-bond acceptors (Lipinski definition) is 0. The van der Waals surface area contributed by atoms with Gasteiger partial charge in [0.15, 0.2) is 0 Å². The van der Waals surface area contributed by atoms with Crippen molar-refractivity contribution in [1.82, 2.24) is 0 Å². The first kappa shape index (κ1) is 12.9. The molecule has 0 heteroatoms. The van der Waals surface area contributed by atoms with Crippen LogP contribution in [0.25, 0.3) is 0 Å². The van der Waals surface area contributed by atoms with E-state index >= 15 is 0 Å². The molecule has 0 radical (unpaired) electrons. The van der Waals surface area contributed by atoms with Crippen molar-refractivity contribution in [1.29, 1.82) is 0 Å². The molecule has 0 saturated carbocycles. The van der Waals surface area contributed by atoms with E-state index in [9.17, 15) is 0 Å². The molecule has 0 bridgehead atoms. The Kier molecular flexibility index (Phi) is 2.82. The zero-order valence-electron chi connectivity index (χ0n) is 13.2. The first-order valence-electron chi connectivity index (χ1n) is 8.04. The van der Waals surface area contributed by atoms with Gasteiger partial charge in [-0.05, 0) is 62.3 Å². The average Bonchev–Trinajstić information content (AvgIpc) is 2.98. The summed E-state index contributed by atoms with van der Waals surface area (Å²) in [4.78, 5) is 0. The van der Waals surface area contributed by atoms with Crippen molar-refractivity contribution in [3.8, 4) is 0 Å². The molecule has 0 spiro atoms. The highest BCUT2D eigenvalue weighted by Gasteiger charge is 2.32. The van der Waals surface area contributed by atoms with Crippen molar-refractivity contribution >= 4 is 0 Å². The van der Waals surface area contributed by atoms with Gasteiger partial charge in [0.1, 0.15) is 0 Å². The van der Waals surface area contributed by atoms with E-state index in [2.05, 4.69) is 57.2 Å². The third-order valence-electron chi connectivity index (χ3n) is 4.97.